The number of benzene rings is 1. The molecule has 3 aromatic heterocycles. The molecule has 1 aromatic carbocycles. The van der Waals surface area contributed by atoms with Crippen LogP contribution in [-0.2, 0) is 13.1 Å². The molecule has 0 saturated carbocycles. The number of hydrogen-bond acceptors (Lipinski definition) is 7. The van der Waals surface area contributed by atoms with Gasteiger partial charge in [-0.25, -0.2) is 9.78 Å². The van der Waals surface area contributed by atoms with Crippen molar-refractivity contribution < 1.29 is 14.3 Å². The number of carboxylic acids is 1. The number of pyridine rings is 1. The summed E-state index contributed by atoms with van der Waals surface area (Å²) in [5.74, 6) is -0.704. The van der Waals surface area contributed by atoms with Gasteiger partial charge in [-0.1, -0.05) is 17.7 Å². The molecule has 0 bridgehead atoms. The van der Waals surface area contributed by atoms with Gasteiger partial charge in [-0.2, -0.15) is 5.10 Å². The van der Waals surface area contributed by atoms with E-state index in [1.165, 1.54) is 6.07 Å². The Kier molecular flexibility index (Phi) is 5.82. The molecule has 0 fully saturated rings. The lowest BCUT2D eigenvalue weighted by Crippen LogP contribution is -2.28. The molecule has 5 rings (SSSR count). The first-order valence-corrected chi connectivity index (χ1v) is 11.6. The van der Waals surface area contributed by atoms with Gasteiger partial charge in [0.25, 0.3) is 0 Å². The van der Waals surface area contributed by atoms with Crippen LogP contribution in [0.25, 0.3) is 22.3 Å². The highest BCUT2D eigenvalue weighted by Crippen LogP contribution is 2.34. The molecule has 0 aliphatic carbocycles. The van der Waals surface area contributed by atoms with E-state index in [0.29, 0.717) is 34.5 Å². The lowest BCUT2D eigenvalue weighted by molar-refractivity contribution is 0.0691. The molecule has 0 amide bonds. The molecular weight excluding hydrogens is 470 g/mol. The number of aryl methyl sites for hydroxylation is 1. The zero-order valence-electron chi connectivity index (χ0n) is 19.5. The van der Waals surface area contributed by atoms with E-state index in [9.17, 15) is 14.7 Å². The Labute approximate surface area is 205 Å². The lowest BCUT2D eigenvalue weighted by Gasteiger charge is -2.20. The van der Waals surface area contributed by atoms with E-state index in [0.717, 1.165) is 35.5 Å². The zero-order valence-corrected chi connectivity index (χ0v) is 20.2. The highest BCUT2D eigenvalue weighted by Gasteiger charge is 2.24. The lowest BCUT2D eigenvalue weighted by atomic mass is 9.98. The summed E-state index contributed by atoms with van der Waals surface area (Å²) in [5.41, 5.74) is 4.37. The van der Waals surface area contributed by atoms with Crippen LogP contribution in [-0.4, -0.2) is 32.4 Å². The number of hydrogen-bond donors (Lipinski definition) is 3. The summed E-state index contributed by atoms with van der Waals surface area (Å²) in [7, 11) is 0. The Morgan fingerprint density at radius 3 is 2.89 bits per heavy atom. The Hall–Kier alpha value is -3.69. The normalized spacial score (nSPS) is 14.1. The molecule has 1 unspecified atom stereocenters. The molecule has 0 radical (unpaired) electrons. The van der Waals surface area contributed by atoms with E-state index in [-0.39, 0.29) is 16.3 Å². The number of aromatic carboxylic acids is 1. The largest absolute Gasteiger partial charge is 0.476 e. The van der Waals surface area contributed by atoms with E-state index in [2.05, 4.69) is 20.7 Å². The molecule has 0 spiro atoms. The van der Waals surface area contributed by atoms with E-state index in [1.807, 2.05) is 30.7 Å². The van der Waals surface area contributed by atoms with Gasteiger partial charge in [-0.15, -0.1) is 0 Å². The minimum Gasteiger partial charge on any atom is -0.476 e. The fraction of sp³-hybridized carbons (Fsp3) is 0.280. The average Bonchev–Trinajstić information content (AvgIpc) is 3.26. The molecule has 9 nitrogen and oxygen atoms in total. The zero-order chi connectivity index (χ0) is 24.9. The first kappa shape index (κ1) is 23.1. The van der Waals surface area contributed by atoms with Crippen molar-refractivity contribution in [2.24, 2.45) is 0 Å². The van der Waals surface area contributed by atoms with Crippen molar-refractivity contribution in [3.8, 4) is 11.3 Å². The van der Waals surface area contributed by atoms with E-state index in [1.54, 1.807) is 19.2 Å². The molecule has 0 saturated heterocycles. The van der Waals surface area contributed by atoms with Crippen molar-refractivity contribution in [3.63, 3.8) is 0 Å². The number of aromatic nitrogens is 3. The summed E-state index contributed by atoms with van der Waals surface area (Å²) in [6, 6.07) is 6.44. The maximum absolute atomic E-state index is 13.5. The van der Waals surface area contributed by atoms with Gasteiger partial charge in [0, 0.05) is 24.2 Å². The molecule has 1 aliphatic heterocycles. The van der Waals surface area contributed by atoms with Gasteiger partial charge < -0.3 is 20.2 Å². The van der Waals surface area contributed by atoms with Crippen LogP contribution in [0.5, 0.6) is 0 Å². The Balaban J connectivity index is 1.66. The van der Waals surface area contributed by atoms with Gasteiger partial charge in [-0.3, -0.25) is 9.48 Å². The van der Waals surface area contributed by atoms with E-state index in [4.69, 9.17) is 16.0 Å². The van der Waals surface area contributed by atoms with Gasteiger partial charge in [0.1, 0.15) is 16.5 Å². The second-order valence-corrected chi connectivity index (χ2v) is 9.11. The fourth-order valence-electron chi connectivity index (χ4n) is 4.54. The number of halogens is 1. The van der Waals surface area contributed by atoms with Crippen LogP contribution in [0.4, 0.5) is 5.69 Å². The molecule has 4 heterocycles. The van der Waals surface area contributed by atoms with Crippen LogP contribution in [0, 0.1) is 13.8 Å². The quantitative estimate of drug-likeness (QED) is 0.352. The number of nitrogens with zero attached hydrogens (tertiary/aromatic N) is 3. The Morgan fingerprint density at radius 2 is 2.11 bits per heavy atom. The van der Waals surface area contributed by atoms with Gasteiger partial charge in [0.2, 0.25) is 0 Å². The van der Waals surface area contributed by atoms with Crippen LogP contribution >= 0.6 is 11.6 Å². The highest BCUT2D eigenvalue weighted by molar-refractivity contribution is 6.29. The highest BCUT2D eigenvalue weighted by atomic mass is 35.5. The van der Waals surface area contributed by atoms with Crippen LogP contribution in [0.1, 0.15) is 45.8 Å². The number of fused-ring (bicyclic) bond motifs is 2. The topological polar surface area (TPSA) is 122 Å². The van der Waals surface area contributed by atoms with E-state index < -0.39 is 12.0 Å². The van der Waals surface area contributed by atoms with E-state index >= 15 is 0 Å². The monoisotopic (exact) mass is 493 g/mol. The van der Waals surface area contributed by atoms with Crippen LogP contribution in [0.15, 0.2) is 39.7 Å². The molecular formula is C25H24ClN5O4. The third-order valence-corrected chi connectivity index (χ3v) is 6.49. The van der Waals surface area contributed by atoms with Crippen molar-refractivity contribution >= 4 is 34.2 Å². The standard InChI is InChI=1S/C25H24ClN5O4/c1-12-8-15(14(3)29-18-4-5-20(26)30-21(18)25(33)34)24-16(9-12)22(32)13(2)23(35-24)17-10-28-31-7-6-27-11-19(17)31/h4-5,8-10,14,27,29H,6-7,11H2,1-3H3,(H,33,34). The fourth-order valence-corrected chi connectivity index (χ4v) is 4.69. The maximum atomic E-state index is 13.5. The second kappa shape index (κ2) is 8.83. The summed E-state index contributed by atoms with van der Waals surface area (Å²) in [4.78, 5) is 29.1. The molecule has 1 atom stereocenters. The van der Waals surface area contributed by atoms with Crippen molar-refractivity contribution in [3.05, 3.63) is 73.9 Å². The van der Waals surface area contributed by atoms with Gasteiger partial charge in [0.15, 0.2) is 11.1 Å². The number of carboxylic acid groups (broad SMARTS) is 1. The number of rotatable bonds is 5. The predicted molar refractivity (Wildman–Crippen MR) is 133 cm³/mol. The predicted octanol–water partition coefficient (Wildman–Crippen LogP) is 4.30. The minimum atomic E-state index is -1.19. The molecule has 1 aliphatic rings. The first-order valence-electron chi connectivity index (χ1n) is 11.2. The summed E-state index contributed by atoms with van der Waals surface area (Å²) in [6.07, 6.45) is 1.74. The van der Waals surface area contributed by atoms with Crippen molar-refractivity contribution in [1.82, 2.24) is 20.1 Å². The Bertz CT molecular complexity index is 1540. The average molecular weight is 494 g/mol. The first-order chi connectivity index (χ1) is 16.7. The molecule has 180 valence electrons. The molecule has 3 N–H and O–H groups in total. The van der Waals surface area contributed by atoms with Gasteiger partial charge in [0.05, 0.1) is 41.1 Å². The molecule has 4 aromatic rings. The summed E-state index contributed by atoms with van der Waals surface area (Å²) in [6.45, 7) is 7.77. The summed E-state index contributed by atoms with van der Waals surface area (Å²) in [5, 5.41) is 21.1. The van der Waals surface area contributed by atoms with Gasteiger partial charge in [-0.05, 0) is 44.5 Å². The number of carbonyl (C=O) groups is 1. The smallest absolute Gasteiger partial charge is 0.356 e. The molecule has 10 heteroatoms. The summed E-state index contributed by atoms with van der Waals surface area (Å²) >= 11 is 5.90. The maximum Gasteiger partial charge on any atom is 0.356 e. The van der Waals surface area contributed by atoms with Crippen LogP contribution in [0.3, 0.4) is 0 Å². The summed E-state index contributed by atoms with van der Waals surface area (Å²) < 4.78 is 8.38. The molecule has 35 heavy (non-hydrogen) atoms. The number of nitrogens with one attached hydrogen (secondary N) is 2. The van der Waals surface area contributed by atoms with Crippen molar-refractivity contribution in [2.45, 2.75) is 39.9 Å². The SMILES string of the molecule is Cc1cc(C(C)Nc2ccc(Cl)nc2C(=O)O)c2oc(-c3cnn4c3CNCC4)c(C)c(=O)c2c1. The Morgan fingerprint density at radius 1 is 1.31 bits per heavy atom. The third kappa shape index (κ3) is 4.06. The van der Waals surface area contributed by atoms with Crippen molar-refractivity contribution in [2.75, 3.05) is 11.9 Å². The number of anilines is 1. The third-order valence-electron chi connectivity index (χ3n) is 6.28. The van der Waals surface area contributed by atoms with Gasteiger partial charge >= 0.3 is 5.97 Å². The second-order valence-electron chi connectivity index (χ2n) is 8.72. The van der Waals surface area contributed by atoms with Crippen LogP contribution in [0.2, 0.25) is 5.15 Å². The van der Waals surface area contributed by atoms with Crippen LogP contribution < -0.4 is 16.1 Å². The van der Waals surface area contributed by atoms with Crippen molar-refractivity contribution in [1.29, 1.82) is 0 Å². The minimum absolute atomic E-state index is 0.0896.